The van der Waals surface area contributed by atoms with Crippen LogP contribution < -0.4 is 15.2 Å². The van der Waals surface area contributed by atoms with Gasteiger partial charge in [0.25, 0.3) is 0 Å². The number of fused-ring (bicyclic) bond motifs is 1. The molecule has 1 aromatic carbocycles. The fourth-order valence-corrected chi connectivity index (χ4v) is 2.07. The Labute approximate surface area is 117 Å². The maximum atomic E-state index is 9.97. The van der Waals surface area contributed by atoms with Crippen LogP contribution in [0.3, 0.4) is 0 Å². The topological polar surface area (TPSA) is 64.7 Å². The predicted octanol–water partition coefficient (Wildman–Crippen LogP) is 2.51. The highest BCUT2D eigenvalue weighted by atomic mass is 35.5. The van der Waals surface area contributed by atoms with Crippen molar-refractivity contribution >= 4 is 24.0 Å². The first-order valence-electron chi connectivity index (χ1n) is 5.53. The molecule has 0 saturated carbocycles. The van der Waals surface area contributed by atoms with E-state index in [9.17, 15) is 5.11 Å². The van der Waals surface area contributed by atoms with Gasteiger partial charge in [0.15, 0.2) is 11.5 Å². The molecule has 2 rings (SSSR count). The molecule has 6 heteroatoms. The van der Waals surface area contributed by atoms with Gasteiger partial charge in [-0.05, 0) is 17.5 Å². The van der Waals surface area contributed by atoms with Gasteiger partial charge in [0, 0.05) is 11.1 Å². The largest absolute Gasteiger partial charge is 0.454 e. The van der Waals surface area contributed by atoms with Crippen molar-refractivity contribution in [2.24, 2.45) is 11.7 Å². The third kappa shape index (κ3) is 2.83. The normalized spacial score (nSPS) is 16.3. The Bertz CT molecular complexity index is 426. The number of aliphatic hydroxyl groups is 1. The van der Waals surface area contributed by atoms with E-state index in [0.29, 0.717) is 22.1 Å². The fraction of sp³-hybridized carbons (Fsp3) is 0.500. The zero-order valence-corrected chi connectivity index (χ0v) is 11.8. The molecule has 4 nitrogen and oxygen atoms in total. The number of halogens is 2. The van der Waals surface area contributed by atoms with Crippen LogP contribution in [0.5, 0.6) is 11.5 Å². The molecule has 0 unspecified atom stereocenters. The first-order chi connectivity index (χ1) is 8.00. The highest BCUT2D eigenvalue weighted by Gasteiger charge is 2.25. The van der Waals surface area contributed by atoms with Gasteiger partial charge in [-0.2, -0.15) is 0 Å². The molecule has 102 valence electrons. The van der Waals surface area contributed by atoms with Crippen LogP contribution in [0.15, 0.2) is 12.1 Å². The summed E-state index contributed by atoms with van der Waals surface area (Å²) in [6.45, 7) is 4.01. The lowest BCUT2D eigenvalue weighted by molar-refractivity contribution is 0.0979. The Morgan fingerprint density at radius 3 is 2.39 bits per heavy atom. The molecule has 0 aliphatic carbocycles. The van der Waals surface area contributed by atoms with E-state index in [1.54, 1.807) is 12.1 Å². The van der Waals surface area contributed by atoms with Crippen molar-refractivity contribution in [2.75, 3.05) is 6.79 Å². The van der Waals surface area contributed by atoms with Gasteiger partial charge in [-0.25, -0.2) is 0 Å². The monoisotopic (exact) mass is 293 g/mol. The Hall–Kier alpha value is -0.680. The van der Waals surface area contributed by atoms with Crippen LogP contribution in [0, 0.1) is 5.92 Å². The highest BCUT2D eigenvalue weighted by Crippen LogP contribution is 2.39. The van der Waals surface area contributed by atoms with Crippen LogP contribution in [0.25, 0.3) is 0 Å². The van der Waals surface area contributed by atoms with E-state index in [0.717, 1.165) is 0 Å². The molecule has 0 fully saturated rings. The number of rotatable bonds is 3. The SMILES string of the molecule is CC(C)[C@H](O)[C@H](N)c1cc2c(cc1Cl)OCO2.Cl. The second kappa shape index (κ2) is 5.97. The van der Waals surface area contributed by atoms with Gasteiger partial charge in [-0.3, -0.25) is 0 Å². The first-order valence-corrected chi connectivity index (χ1v) is 5.91. The van der Waals surface area contributed by atoms with Crippen LogP contribution in [0.2, 0.25) is 5.02 Å². The number of ether oxygens (including phenoxy) is 2. The van der Waals surface area contributed by atoms with E-state index < -0.39 is 12.1 Å². The van der Waals surface area contributed by atoms with Gasteiger partial charge >= 0.3 is 0 Å². The van der Waals surface area contributed by atoms with E-state index in [-0.39, 0.29) is 25.1 Å². The highest BCUT2D eigenvalue weighted by molar-refractivity contribution is 6.31. The molecule has 0 spiro atoms. The Balaban J connectivity index is 0.00000162. The molecule has 0 bridgehead atoms. The van der Waals surface area contributed by atoms with Crippen LogP contribution in [-0.2, 0) is 0 Å². The molecule has 0 saturated heterocycles. The lowest BCUT2D eigenvalue weighted by atomic mass is 9.94. The molecule has 1 aliphatic rings. The number of hydrogen-bond acceptors (Lipinski definition) is 4. The Kier molecular flexibility index (Phi) is 5.10. The average molecular weight is 294 g/mol. The van der Waals surface area contributed by atoms with Gasteiger partial charge in [0.1, 0.15) is 0 Å². The van der Waals surface area contributed by atoms with Crippen molar-refractivity contribution in [2.45, 2.75) is 26.0 Å². The second-order valence-corrected chi connectivity index (χ2v) is 4.89. The minimum Gasteiger partial charge on any atom is -0.454 e. The van der Waals surface area contributed by atoms with Crippen molar-refractivity contribution < 1.29 is 14.6 Å². The van der Waals surface area contributed by atoms with E-state index in [1.807, 2.05) is 13.8 Å². The summed E-state index contributed by atoms with van der Waals surface area (Å²) in [4.78, 5) is 0. The Morgan fingerprint density at radius 1 is 1.28 bits per heavy atom. The molecule has 1 heterocycles. The van der Waals surface area contributed by atoms with Crippen LogP contribution >= 0.6 is 24.0 Å². The summed E-state index contributed by atoms with van der Waals surface area (Å²) in [5, 5.41) is 10.5. The van der Waals surface area contributed by atoms with Crippen molar-refractivity contribution in [1.82, 2.24) is 0 Å². The van der Waals surface area contributed by atoms with Crippen LogP contribution in [0.4, 0.5) is 0 Å². The average Bonchev–Trinajstić information content (AvgIpc) is 2.72. The smallest absolute Gasteiger partial charge is 0.231 e. The lowest BCUT2D eigenvalue weighted by Crippen LogP contribution is -2.30. The minimum absolute atomic E-state index is 0. The number of benzene rings is 1. The molecular weight excluding hydrogens is 277 g/mol. The van der Waals surface area contributed by atoms with E-state index in [2.05, 4.69) is 0 Å². The van der Waals surface area contributed by atoms with Crippen LogP contribution in [0.1, 0.15) is 25.5 Å². The van der Waals surface area contributed by atoms with Gasteiger partial charge in [0.05, 0.1) is 12.1 Å². The summed E-state index contributed by atoms with van der Waals surface area (Å²) in [6, 6.07) is 2.88. The minimum atomic E-state index is -0.645. The zero-order valence-electron chi connectivity index (χ0n) is 10.2. The standard InChI is InChI=1S/C12H16ClNO3.ClH/c1-6(2)12(15)11(14)7-3-9-10(4-8(7)13)17-5-16-9;/h3-4,6,11-12,15H,5,14H2,1-2H3;1H/t11-,12+;/m1./s1. The molecule has 3 N–H and O–H groups in total. The van der Waals surface area contributed by atoms with E-state index in [4.69, 9.17) is 26.8 Å². The zero-order chi connectivity index (χ0) is 12.6. The number of hydrogen-bond donors (Lipinski definition) is 2. The molecule has 0 amide bonds. The van der Waals surface area contributed by atoms with Crippen molar-refractivity contribution in [3.63, 3.8) is 0 Å². The van der Waals surface area contributed by atoms with E-state index in [1.165, 1.54) is 0 Å². The van der Waals surface area contributed by atoms with E-state index >= 15 is 0 Å². The van der Waals surface area contributed by atoms with Gasteiger partial charge < -0.3 is 20.3 Å². The first kappa shape index (κ1) is 15.4. The third-order valence-electron chi connectivity index (χ3n) is 2.90. The molecular formula is C12H17Cl2NO3. The number of aliphatic hydroxyl groups excluding tert-OH is 1. The van der Waals surface area contributed by atoms with Crippen molar-refractivity contribution in [3.8, 4) is 11.5 Å². The summed E-state index contributed by atoms with van der Waals surface area (Å²) >= 11 is 6.12. The summed E-state index contributed by atoms with van der Waals surface area (Å²) in [5.74, 6) is 1.30. The molecule has 0 aromatic heterocycles. The van der Waals surface area contributed by atoms with Crippen molar-refractivity contribution in [3.05, 3.63) is 22.7 Å². The maximum Gasteiger partial charge on any atom is 0.231 e. The lowest BCUT2D eigenvalue weighted by Gasteiger charge is -2.23. The predicted molar refractivity (Wildman–Crippen MR) is 72.6 cm³/mol. The van der Waals surface area contributed by atoms with Crippen molar-refractivity contribution in [1.29, 1.82) is 0 Å². The molecule has 2 atom stereocenters. The molecule has 18 heavy (non-hydrogen) atoms. The summed E-state index contributed by atoms with van der Waals surface area (Å²) in [7, 11) is 0. The molecule has 1 aliphatic heterocycles. The van der Waals surface area contributed by atoms with Gasteiger partial charge in [-0.15, -0.1) is 12.4 Å². The summed E-state index contributed by atoms with van der Waals surface area (Å²) in [5.41, 5.74) is 6.68. The van der Waals surface area contributed by atoms with Gasteiger partial charge in [-0.1, -0.05) is 25.4 Å². The van der Waals surface area contributed by atoms with Crippen LogP contribution in [-0.4, -0.2) is 18.0 Å². The third-order valence-corrected chi connectivity index (χ3v) is 3.23. The number of nitrogens with two attached hydrogens (primary N) is 1. The summed E-state index contributed by atoms with van der Waals surface area (Å²) < 4.78 is 10.5. The van der Waals surface area contributed by atoms with Gasteiger partial charge in [0.2, 0.25) is 6.79 Å². The quantitative estimate of drug-likeness (QED) is 0.899. The maximum absolute atomic E-state index is 9.97. The Morgan fingerprint density at radius 2 is 1.83 bits per heavy atom. The fourth-order valence-electron chi connectivity index (χ4n) is 1.79. The second-order valence-electron chi connectivity index (χ2n) is 4.49. The molecule has 0 radical (unpaired) electrons. The molecule has 1 aromatic rings. The summed E-state index contributed by atoms with van der Waals surface area (Å²) in [6.07, 6.45) is -0.645.